The molecule has 1 aliphatic rings. The van der Waals surface area contributed by atoms with Crippen molar-refractivity contribution in [3.63, 3.8) is 0 Å². The van der Waals surface area contributed by atoms with Crippen molar-refractivity contribution >= 4 is 17.5 Å². The van der Waals surface area contributed by atoms with Crippen LogP contribution in [0.1, 0.15) is 35.8 Å². The molecule has 100 valence electrons. The Morgan fingerprint density at radius 2 is 2.11 bits per heavy atom. The number of halogens is 1. The van der Waals surface area contributed by atoms with E-state index in [1.54, 1.807) is 4.68 Å². The zero-order valence-electron chi connectivity index (χ0n) is 10.8. The lowest BCUT2D eigenvalue weighted by atomic mass is 10.1. The molecule has 2 N–H and O–H groups in total. The second-order valence-corrected chi connectivity index (χ2v) is 5.05. The van der Waals surface area contributed by atoms with E-state index in [4.69, 9.17) is 17.3 Å². The van der Waals surface area contributed by atoms with Crippen molar-refractivity contribution in [1.29, 1.82) is 0 Å². The van der Waals surface area contributed by atoms with E-state index < -0.39 is 0 Å². The van der Waals surface area contributed by atoms with E-state index in [9.17, 15) is 4.79 Å². The molecule has 0 unspecified atom stereocenters. The third kappa shape index (κ3) is 2.37. The molecule has 18 heavy (non-hydrogen) atoms. The molecule has 0 spiro atoms. The number of carbonyl (C=O) groups excluding carboxylic acids is 1. The minimum Gasteiger partial charge on any atom is -0.338 e. The molecule has 6 heteroatoms. The summed E-state index contributed by atoms with van der Waals surface area (Å²) >= 11 is 6.20. The molecular formula is C12H19ClN4O. The van der Waals surface area contributed by atoms with Crippen LogP contribution in [0.15, 0.2) is 0 Å². The lowest BCUT2D eigenvalue weighted by molar-refractivity contribution is 0.0714. The maximum absolute atomic E-state index is 12.4. The molecule has 1 saturated heterocycles. The first-order valence-electron chi connectivity index (χ1n) is 6.32. The van der Waals surface area contributed by atoms with Gasteiger partial charge in [-0.25, -0.2) is 0 Å². The number of carbonyl (C=O) groups is 1. The summed E-state index contributed by atoms with van der Waals surface area (Å²) in [5, 5.41) is 4.71. The minimum atomic E-state index is -0.0240. The first-order valence-corrected chi connectivity index (χ1v) is 6.70. The van der Waals surface area contributed by atoms with Crippen LogP contribution in [0, 0.1) is 6.92 Å². The molecule has 1 aromatic rings. The predicted molar refractivity (Wildman–Crippen MR) is 70.8 cm³/mol. The lowest BCUT2D eigenvalue weighted by Gasteiger charge is -2.30. The molecule has 0 aliphatic carbocycles. The number of hydrogen-bond donors (Lipinski definition) is 1. The van der Waals surface area contributed by atoms with Crippen molar-refractivity contribution in [3.05, 3.63) is 16.4 Å². The lowest BCUT2D eigenvalue weighted by Crippen LogP contribution is -2.43. The molecule has 1 aromatic heterocycles. The van der Waals surface area contributed by atoms with Gasteiger partial charge in [0.15, 0.2) is 0 Å². The number of likely N-dealkylation sites (tertiary alicyclic amines) is 1. The normalized spacial score (nSPS) is 17.2. The summed E-state index contributed by atoms with van der Waals surface area (Å²) in [5.74, 6) is -0.0240. The fourth-order valence-corrected chi connectivity index (χ4v) is 2.64. The largest absolute Gasteiger partial charge is 0.338 e. The van der Waals surface area contributed by atoms with Gasteiger partial charge in [-0.05, 0) is 26.7 Å². The van der Waals surface area contributed by atoms with Crippen LogP contribution in [-0.2, 0) is 6.54 Å². The number of hydrogen-bond acceptors (Lipinski definition) is 3. The van der Waals surface area contributed by atoms with Crippen molar-refractivity contribution in [2.75, 3.05) is 13.1 Å². The van der Waals surface area contributed by atoms with Gasteiger partial charge in [0.05, 0.1) is 11.3 Å². The van der Waals surface area contributed by atoms with E-state index in [1.165, 1.54) is 0 Å². The van der Waals surface area contributed by atoms with E-state index in [2.05, 4.69) is 5.10 Å². The first kappa shape index (κ1) is 13.4. The van der Waals surface area contributed by atoms with Gasteiger partial charge in [0.2, 0.25) is 0 Å². The number of amides is 1. The maximum Gasteiger partial charge on any atom is 0.258 e. The van der Waals surface area contributed by atoms with Gasteiger partial charge in [-0.3, -0.25) is 9.48 Å². The third-order valence-corrected chi connectivity index (χ3v) is 3.79. The number of aromatic nitrogens is 2. The van der Waals surface area contributed by atoms with Crippen LogP contribution in [0.3, 0.4) is 0 Å². The van der Waals surface area contributed by atoms with Gasteiger partial charge in [-0.2, -0.15) is 5.10 Å². The summed E-state index contributed by atoms with van der Waals surface area (Å²) in [6.45, 7) is 5.84. The van der Waals surface area contributed by atoms with Gasteiger partial charge in [-0.15, -0.1) is 0 Å². The Kier molecular flexibility index (Phi) is 3.92. The fourth-order valence-electron chi connectivity index (χ4n) is 2.27. The Bertz CT molecular complexity index is 449. The van der Waals surface area contributed by atoms with Gasteiger partial charge < -0.3 is 10.6 Å². The Morgan fingerprint density at radius 3 is 2.61 bits per heavy atom. The topological polar surface area (TPSA) is 64.2 Å². The van der Waals surface area contributed by atoms with Crippen LogP contribution < -0.4 is 5.73 Å². The summed E-state index contributed by atoms with van der Waals surface area (Å²) in [7, 11) is 0. The molecule has 1 fully saturated rings. The fraction of sp³-hybridized carbons (Fsp3) is 0.667. The van der Waals surface area contributed by atoms with Crippen LogP contribution in [-0.4, -0.2) is 39.7 Å². The molecular weight excluding hydrogens is 252 g/mol. The molecule has 5 nitrogen and oxygen atoms in total. The third-order valence-electron chi connectivity index (χ3n) is 3.41. The van der Waals surface area contributed by atoms with Gasteiger partial charge in [-0.1, -0.05) is 11.6 Å². The standard InChI is InChI=1S/C12H19ClN4O/c1-3-17-11(13)10(8(2)15-17)12(18)16-6-4-9(14)5-7-16/h9H,3-7,14H2,1-2H3. The molecule has 0 atom stereocenters. The Hall–Kier alpha value is -1.07. The SMILES string of the molecule is CCn1nc(C)c(C(=O)N2CCC(N)CC2)c1Cl. The predicted octanol–water partition coefficient (Wildman–Crippen LogP) is 1.43. The van der Waals surface area contributed by atoms with Crippen LogP contribution >= 0.6 is 11.6 Å². The van der Waals surface area contributed by atoms with Crippen LogP contribution in [0.25, 0.3) is 0 Å². The number of rotatable bonds is 2. The van der Waals surface area contributed by atoms with Crippen molar-refractivity contribution in [2.45, 2.75) is 39.3 Å². The minimum absolute atomic E-state index is 0.0240. The average Bonchev–Trinajstić information content (AvgIpc) is 2.64. The Balaban J connectivity index is 2.21. The van der Waals surface area contributed by atoms with E-state index in [1.807, 2.05) is 18.7 Å². The number of piperidine rings is 1. The monoisotopic (exact) mass is 270 g/mol. The number of aryl methyl sites for hydroxylation is 2. The van der Waals surface area contributed by atoms with Gasteiger partial charge in [0.1, 0.15) is 5.15 Å². The molecule has 0 aromatic carbocycles. The van der Waals surface area contributed by atoms with Crippen molar-refractivity contribution in [2.24, 2.45) is 5.73 Å². The van der Waals surface area contributed by atoms with Gasteiger partial charge >= 0.3 is 0 Å². The van der Waals surface area contributed by atoms with Crippen molar-refractivity contribution < 1.29 is 4.79 Å². The van der Waals surface area contributed by atoms with Crippen molar-refractivity contribution in [3.8, 4) is 0 Å². The maximum atomic E-state index is 12.4. The highest BCUT2D eigenvalue weighted by molar-refractivity contribution is 6.33. The highest BCUT2D eigenvalue weighted by atomic mass is 35.5. The molecule has 0 saturated carbocycles. The summed E-state index contributed by atoms with van der Waals surface area (Å²) in [6.07, 6.45) is 1.70. The van der Waals surface area contributed by atoms with E-state index >= 15 is 0 Å². The average molecular weight is 271 g/mol. The molecule has 2 heterocycles. The van der Waals surface area contributed by atoms with E-state index in [-0.39, 0.29) is 11.9 Å². The summed E-state index contributed by atoms with van der Waals surface area (Å²) in [5.41, 5.74) is 7.07. The second kappa shape index (κ2) is 5.28. The smallest absolute Gasteiger partial charge is 0.258 e. The Morgan fingerprint density at radius 1 is 1.50 bits per heavy atom. The molecule has 0 radical (unpaired) electrons. The Labute approximate surface area is 112 Å². The first-order chi connectivity index (χ1) is 8.54. The van der Waals surface area contributed by atoms with Gasteiger partial charge in [0.25, 0.3) is 5.91 Å². The summed E-state index contributed by atoms with van der Waals surface area (Å²) in [4.78, 5) is 14.2. The molecule has 2 rings (SSSR count). The quantitative estimate of drug-likeness (QED) is 0.884. The van der Waals surface area contributed by atoms with E-state index in [0.29, 0.717) is 36.0 Å². The molecule has 0 bridgehead atoms. The van der Waals surface area contributed by atoms with Gasteiger partial charge in [0, 0.05) is 25.7 Å². The van der Waals surface area contributed by atoms with Crippen LogP contribution in [0.5, 0.6) is 0 Å². The van der Waals surface area contributed by atoms with Crippen LogP contribution in [0.2, 0.25) is 5.15 Å². The number of nitrogens with two attached hydrogens (primary N) is 1. The van der Waals surface area contributed by atoms with Crippen molar-refractivity contribution in [1.82, 2.24) is 14.7 Å². The van der Waals surface area contributed by atoms with E-state index in [0.717, 1.165) is 12.8 Å². The second-order valence-electron chi connectivity index (χ2n) is 4.70. The zero-order chi connectivity index (χ0) is 13.3. The zero-order valence-corrected chi connectivity index (χ0v) is 11.6. The highest BCUT2D eigenvalue weighted by Crippen LogP contribution is 2.23. The number of nitrogens with zero attached hydrogens (tertiary/aromatic N) is 3. The summed E-state index contributed by atoms with van der Waals surface area (Å²) < 4.78 is 1.65. The molecule has 1 amide bonds. The summed E-state index contributed by atoms with van der Waals surface area (Å²) in [6, 6.07) is 0.212. The highest BCUT2D eigenvalue weighted by Gasteiger charge is 2.27. The van der Waals surface area contributed by atoms with Crippen LogP contribution in [0.4, 0.5) is 0 Å². The molecule has 1 aliphatic heterocycles.